The Hall–Kier alpha value is -3.55. The first-order valence-electron chi connectivity index (χ1n) is 9.13. The van der Waals surface area contributed by atoms with E-state index in [0.29, 0.717) is 42.9 Å². The molecule has 3 aromatic rings. The molecule has 0 spiro atoms. The summed E-state index contributed by atoms with van der Waals surface area (Å²) >= 11 is 0. The van der Waals surface area contributed by atoms with Crippen LogP contribution in [0.5, 0.6) is 0 Å². The Morgan fingerprint density at radius 2 is 1.61 bits per heavy atom. The summed E-state index contributed by atoms with van der Waals surface area (Å²) in [5.41, 5.74) is 3.68. The van der Waals surface area contributed by atoms with Crippen molar-refractivity contribution in [3.63, 3.8) is 0 Å². The Morgan fingerprint density at radius 1 is 0.929 bits per heavy atom. The number of benzene rings is 2. The van der Waals surface area contributed by atoms with Gasteiger partial charge in [-0.05, 0) is 37.3 Å². The van der Waals surface area contributed by atoms with Gasteiger partial charge < -0.3 is 25.1 Å². The van der Waals surface area contributed by atoms with E-state index < -0.39 is 11.8 Å². The molecule has 0 atom stereocenters. The molecule has 8 nitrogen and oxygen atoms in total. The molecule has 0 unspecified atom stereocenters. The number of aromatic nitrogens is 2. The predicted octanol–water partition coefficient (Wildman–Crippen LogP) is 1.45. The fourth-order valence-electron chi connectivity index (χ4n) is 3.36. The summed E-state index contributed by atoms with van der Waals surface area (Å²) in [5.74, 6) is -1.23. The number of hydrogen-bond donors (Lipinski definition) is 3. The van der Waals surface area contributed by atoms with Crippen molar-refractivity contribution in [3.8, 4) is 0 Å². The molecule has 2 aromatic carbocycles. The maximum absolute atomic E-state index is 12.5. The second-order valence-electron chi connectivity index (χ2n) is 6.91. The smallest absolute Gasteiger partial charge is 0.323 e. The van der Waals surface area contributed by atoms with Gasteiger partial charge in [0.1, 0.15) is 0 Å². The fourth-order valence-corrected chi connectivity index (χ4v) is 3.36. The van der Waals surface area contributed by atoms with E-state index in [0.717, 1.165) is 5.69 Å². The van der Waals surface area contributed by atoms with Crippen molar-refractivity contribution in [2.24, 2.45) is 0 Å². The second kappa shape index (κ2) is 7.22. The third-order valence-corrected chi connectivity index (χ3v) is 4.93. The number of piperazine rings is 1. The Kier molecular flexibility index (Phi) is 4.60. The highest BCUT2D eigenvalue weighted by Crippen LogP contribution is 2.18. The summed E-state index contributed by atoms with van der Waals surface area (Å²) < 4.78 is 0. The predicted molar refractivity (Wildman–Crippen MR) is 108 cm³/mol. The quantitative estimate of drug-likeness (QED) is 0.587. The van der Waals surface area contributed by atoms with Crippen molar-refractivity contribution in [1.82, 2.24) is 14.9 Å². The molecule has 0 bridgehead atoms. The number of H-pyrrole nitrogens is 2. The highest BCUT2D eigenvalue weighted by molar-refractivity contribution is 6.39. The summed E-state index contributed by atoms with van der Waals surface area (Å²) in [7, 11) is 0. The first kappa shape index (κ1) is 17.8. The number of hydrogen-bond acceptors (Lipinski definition) is 4. The Morgan fingerprint density at radius 3 is 2.32 bits per heavy atom. The van der Waals surface area contributed by atoms with Crippen molar-refractivity contribution in [3.05, 3.63) is 58.5 Å². The van der Waals surface area contributed by atoms with E-state index in [9.17, 15) is 14.4 Å². The lowest BCUT2D eigenvalue weighted by Crippen LogP contribution is -2.51. The standard InChI is InChI=1S/C20H21N5O3/c1-13-2-5-15(6-3-13)24-8-10-25(11-9-24)19(27)18(26)21-14-4-7-16-17(12-14)23-20(28)22-16/h2-7,12H,8-11H2,1H3,(H,21,26)(H2,22,23,28). The molecule has 1 fully saturated rings. The largest absolute Gasteiger partial charge is 0.368 e. The summed E-state index contributed by atoms with van der Waals surface area (Å²) in [5, 5.41) is 2.61. The number of amides is 2. The molecule has 1 aliphatic rings. The molecule has 1 saturated heterocycles. The fraction of sp³-hybridized carbons (Fsp3) is 0.250. The molecule has 3 N–H and O–H groups in total. The minimum absolute atomic E-state index is 0.319. The number of aryl methyl sites for hydroxylation is 1. The van der Waals surface area contributed by atoms with Gasteiger partial charge >= 0.3 is 17.5 Å². The van der Waals surface area contributed by atoms with Crippen LogP contribution in [0.2, 0.25) is 0 Å². The van der Waals surface area contributed by atoms with Crippen LogP contribution in [-0.4, -0.2) is 52.9 Å². The van der Waals surface area contributed by atoms with E-state index in [4.69, 9.17) is 0 Å². The molecule has 4 rings (SSSR count). The van der Waals surface area contributed by atoms with Gasteiger partial charge in [-0.25, -0.2) is 4.79 Å². The molecule has 0 saturated carbocycles. The molecule has 28 heavy (non-hydrogen) atoms. The first-order valence-corrected chi connectivity index (χ1v) is 9.13. The van der Waals surface area contributed by atoms with E-state index in [2.05, 4.69) is 44.5 Å². The van der Waals surface area contributed by atoms with Crippen molar-refractivity contribution >= 4 is 34.2 Å². The van der Waals surface area contributed by atoms with Gasteiger partial charge in [-0.3, -0.25) is 9.59 Å². The van der Waals surface area contributed by atoms with Gasteiger partial charge in [0.15, 0.2) is 0 Å². The van der Waals surface area contributed by atoms with Gasteiger partial charge in [0, 0.05) is 37.6 Å². The minimum Gasteiger partial charge on any atom is -0.368 e. The maximum Gasteiger partial charge on any atom is 0.323 e. The Labute approximate surface area is 161 Å². The number of aromatic amines is 2. The van der Waals surface area contributed by atoms with Crippen LogP contribution in [-0.2, 0) is 9.59 Å². The molecular formula is C20H21N5O3. The lowest BCUT2D eigenvalue weighted by Gasteiger charge is -2.35. The normalized spacial score (nSPS) is 14.3. The van der Waals surface area contributed by atoms with Crippen LogP contribution >= 0.6 is 0 Å². The zero-order chi connectivity index (χ0) is 19.7. The van der Waals surface area contributed by atoms with Gasteiger partial charge in [-0.2, -0.15) is 0 Å². The van der Waals surface area contributed by atoms with Gasteiger partial charge in [-0.1, -0.05) is 17.7 Å². The van der Waals surface area contributed by atoms with Gasteiger partial charge in [0.2, 0.25) is 0 Å². The van der Waals surface area contributed by atoms with E-state index in [1.54, 1.807) is 23.1 Å². The van der Waals surface area contributed by atoms with Gasteiger partial charge in [0.05, 0.1) is 11.0 Å². The number of carbonyl (C=O) groups excluding carboxylic acids is 2. The summed E-state index contributed by atoms with van der Waals surface area (Å²) in [6.45, 7) is 4.39. The zero-order valence-electron chi connectivity index (χ0n) is 15.5. The van der Waals surface area contributed by atoms with Gasteiger partial charge in [0.25, 0.3) is 0 Å². The topological polar surface area (TPSA) is 101 Å². The van der Waals surface area contributed by atoms with Crippen LogP contribution in [0, 0.1) is 6.92 Å². The first-order chi connectivity index (χ1) is 13.5. The molecule has 0 aliphatic carbocycles. The number of imidazole rings is 1. The SMILES string of the molecule is Cc1ccc(N2CCN(C(=O)C(=O)Nc3ccc4[nH]c(=O)[nH]c4c3)CC2)cc1. The van der Waals surface area contributed by atoms with Crippen molar-refractivity contribution in [2.45, 2.75) is 6.92 Å². The van der Waals surface area contributed by atoms with E-state index >= 15 is 0 Å². The number of rotatable bonds is 2. The van der Waals surface area contributed by atoms with Crippen LogP contribution in [0.1, 0.15) is 5.56 Å². The number of nitrogens with one attached hydrogen (secondary N) is 3. The highest BCUT2D eigenvalue weighted by atomic mass is 16.2. The zero-order valence-corrected chi connectivity index (χ0v) is 15.5. The van der Waals surface area contributed by atoms with E-state index in [1.165, 1.54) is 5.56 Å². The highest BCUT2D eigenvalue weighted by Gasteiger charge is 2.26. The number of carbonyl (C=O) groups is 2. The van der Waals surface area contributed by atoms with Gasteiger partial charge in [-0.15, -0.1) is 0 Å². The minimum atomic E-state index is -0.680. The maximum atomic E-state index is 12.5. The summed E-state index contributed by atoms with van der Waals surface area (Å²) in [6.07, 6.45) is 0. The summed E-state index contributed by atoms with van der Waals surface area (Å²) in [4.78, 5) is 45.2. The molecular weight excluding hydrogens is 358 g/mol. The summed E-state index contributed by atoms with van der Waals surface area (Å²) in [6, 6.07) is 13.2. The molecule has 1 aromatic heterocycles. The van der Waals surface area contributed by atoms with Crippen molar-refractivity contribution < 1.29 is 9.59 Å². The van der Waals surface area contributed by atoms with Crippen LogP contribution in [0.15, 0.2) is 47.3 Å². The molecule has 8 heteroatoms. The van der Waals surface area contributed by atoms with Crippen molar-refractivity contribution in [1.29, 1.82) is 0 Å². The second-order valence-corrected chi connectivity index (χ2v) is 6.91. The molecule has 2 amide bonds. The number of nitrogens with zero attached hydrogens (tertiary/aromatic N) is 2. The number of fused-ring (bicyclic) bond motifs is 1. The van der Waals surface area contributed by atoms with Crippen LogP contribution in [0.4, 0.5) is 11.4 Å². The lowest BCUT2D eigenvalue weighted by atomic mass is 10.2. The van der Waals surface area contributed by atoms with E-state index in [1.807, 2.05) is 6.92 Å². The van der Waals surface area contributed by atoms with Crippen LogP contribution in [0.3, 0.4) is 0 Å². The third-order valence-electron chi connectivity index (χ3n) is 4.93. The van der Waals surface area contributed by atoms with Crippen LogP contribution in [0.25, 0.3) is 11.0 Å². The van der Waals surface area contributed by atoms with E-state index in [-0.39, 0.29) is 5.69 Å². The average Bonchev–Trinajstić information content (AvgIpc) is 3.07. The van der Waals surface area contributed by atoms with Crippen molar-refractivity contribution in [2.75, 3.05) is 36.4 Å². The molecule has 2 heterocycles. The Bertz CT molecular complexity index is 1080. The molecule has 144 valence electrons. The average molecular weight is 379 g/mol. The number of anilines is 2. The monoisotopic (exact) mass is 379 g/mol. The molecule has 1 aliphatic heterocycles. The molecule has 0 radical (unpaired) electrons. The Balaban J connectivity index is 1.36. The van der Waals surface area contributed by atoms with Crippen LogP contribution < -0.4 is 15.9 Å². The third kappa shape index (κ3) is 3.62. The lowest BCUT2D eigenvalue weighted by molar-refractivity contribution is -0.143.